The summed E-state index contributed by atoms with van der Waals surface area (Å²) in [6.45, 7) is 5.63. The molecule has 2 aromatic rings. The smallest absolute Gasteiger partial charge is 0.356 e. The highest BCUT2D eigenvalue weighted by Crippen LogP contribution is 2.21. The Bertz CT molecular complexity index is 689. The van der Waals surface area contributed by atoms with Crippen molar-refractivity contribution in [1.82, 2.24) is 15.0 Å². The van der Waals surface area contributed by atoms with E-state index in [1.807, 2.05) is 18.5 Å². The number of aromatic nitrogens is 3. The minimum atomic E-state index is -1.06. The predicted molar refractivity (Wildman–Crippen MR) is 87.0 cm³/mol. The number of hydrogen-bond donors (Lipinski definition) is 1. The Hall–Kier alpha value is -2.70. The molecule has 0 spiro atoms. The highest BCUT2D eigenvalue weighted by Gasteiger charge is 2.18. The van der Waals surface area contributed by atoms with E-state index in [4.69, 9.17) is 5.11 Å². The van der Waals surface area contributed by atoms with Gasteiger partial charge in [0.15, 0.2) is 5.69 Å². The third-order valence-electron chi connectivity index (χ3n) is 4.01. The first kappa shape index (κ1) is 15.2. The van der Waals surface area contributed by atoms with Gasteiger partial charge in [0.25, 0.3) is 0 Å². The van der Waals surface area contributed by atoms with Crippen LogP contribution >= 0.6 is 0 Å². The van der Waals surface area contributed by atoms with Crippen LogP contribution in [0.4, 0.5) is 11.5 Å². The van der Waals surface area contributed by atoms with Crippen molar-refractivity contribution in [2.24, 2.45) is 0 Å². The van der Waals surface area contributed by atoms with E-state index in [2.05, 4.69) is 31.7 Å². The normalized spacial score (nSPS) is 15.3. The van der Waals surface area contributed by atoms with Gasteiger partial charge in [0.2, 0.25) is 0 Å². The molecule has 7 heteroatoms. The second-order valence-electron chi connectivity index (χ2n) is 5.55. The first-order chi connectivity index (χ1) is 11.1. The van der Waals surface area contributed by atoms with Gasteiger partial charge in [0, 0.05) is 44.3 Å². The van der Waals surface area contributed by atoms with E-state index in [-0.39, 0.29) is 5.69 Å². The van der Waals surface area contributed by atoms with E-state index in [9.17, 15) is 4.79 Å². The number of aromatic carboxylic acids is 1. The molecule has 1 fully saturated rings. The molecule has 1 aliphatic heterocycles. The summed E-state index contributed by atoms with van der Waals surface area (Å²) in [5.41, 5.74) is 2.36. The van der Waals surface area contributed by atoms with Crippen molar-refractivity contribution in [2.75, 3.05) is 36.0 Å². The molecule has 3 heterocycles. The topological polar surface area (TPSA) is 82.5 Å². The van der Waals surface area contributed by atoms with Crippen LogP contribution < -0.4 is 9.80 Å². The van der Waals surface area contributed by atoms with E-state index in [1.54, 1.807) is 0 Å². The summed E-state index contributed by atoms with van der Waals surface area (Å²) >= 11 is 0. The molecular formula is C16H19N5O2. The summed E-state index contributed by atoms with van der Waals surface area (Å²) in [5, 5.41) is 8.89. The molecule has 3 rings (SSSR count). The summed E-state index contributed by atoms with van der Waals surface area (Å²) < 4.78 is 0. The van der Waals surface area contributed by atoms with Crippen LogP contribution in [0.3, 0.4) is 0 Å². The van der Waals surface area contributed by atoms with E-state index in [0.29, 0.717) is 0 Å². The number of anilines is 2. The van der Waals surface area contributed by atoms with Gasteiger partial charge in [-0.1, -0.05) is 0 Å². The quantitative estimate of drug-likeness (QED) is 0.921. The zero-order chi connectivity index (χ0) is 16.2. The Morgan fingerprint density at radius 1 is 1.09 bits per heavy atom. The lowest BCUT2D eigenvalue weighted by Gasteiger charge is -2.25. The van der Waals surface area contributed by atoms with Gasteiger partial charge in [0.05, 0.1) is 12.4 Å². The summed E-state index contributed by atoms with van der Waals surface area (Å²) in [6.07, 6.45) is 7.56. The van der Waals surface area contributed by atoms with Crippen molar-refractivity contribution in [3.8, 4) is 0 Å². The second-order valence-corrected chi connectivity index (χ2v) is 5.55. The molecular weight excluding hydrogens is 294 g/mol. The molecule has 0 saturated carbocycles. The van der Waals surface area contributed by atoms with Gasteiger partial charge in [-0.15, -0.1) is 0 Å². The van der Waals surface area contributed by atoms with Crippen LogP contribution in [0.5, 0.6) is 0 Å². The summed E-state index contributed by atoms with van der Waals surface area (Å²) in [4.78, 5) is 27.7. The van der Waals surface area contributed by atoms with E-state index in [1.165, 1.54) is 23.6 Å². The van der Waals surface area contributed by atoms with E-state index in [0.717, 1.165) is 38.4 Å². The number of carbonyl (C=O) groups is 1. The molecule has 120 valence electrons. The minimum absolute atomic E-state index is 0.0300. The molecule has 0 radical (unpaired) electrons. The van der Waals surface area contributed by atoms with Crippen LogP contribution in [0, 0.1) is 6.92 Å². The third kappa shape index (κ3) is 3.39. The fourth-order valence-electron chi connectivity index (χ4n) is 2.80. The van der Waals surface area contributed by atoms with Gasteiger partial charge in [-0.25, -0.2) is 14.8 Å². The molecule has 1 N–H and O–H groups in total. The Kier molecular flexibility index (Phi) is 4.36. The second kappa shape index (κ2) is 6.60. The van der Waals surface area contributed by atoms with Gasteiger partial charge < -0.3 is 14.9 Å². The van der Waals surface area contributed by atoms with Crippen molar-refractivity contribution in [1.29, 1.82) is 0 Å². The summed E-state index contributed by atoms with van der Waals surface area (Å²) in [5.74, 6) is -0.331. The summed E-state index contributed by atoms with van der Waals surface area (Å²) in [6, 6.07) is 2.05. The standard InChI is InChI=1S/C16H19N5O2/c1-12-9-17-4-3-14(12)20-5-2-6-21(8-7-20)15-11-18-13(10-19-15)16(22)23/h3-4,9-11H,2,5-8H2,1H3,(H,22,23). The number of nitrogens with zero attached hydrogens (tertiary/aromatic N) is 5. The van der Waals surface area contributed by atoms with Gasteiger partial charge >= 0.3 is 5.97 Å². The first-order valence-electron chi connectivity index (χ1n) is 7.61. The maximum Gasteiger partial charge on any atom is 0.356 e. The van der Waals surface area contributed by atoms with E-state index < -0.39 is 5.97 Å². The van der Waals surface area contributed by atoms with Crippen LogP contribution in [-0.4, -0.2) is 52.2 Å². The Labute approximate surface area is 134 Å². The van der Waals surface area contributed by atoms with Gasteiger partial charge in [-0.3, -0.25) is 4.98 Å². The molecule has 1 saturated heterocycles. The Balaban J connectivity index is 1.71. The monoisotopic (exact) mass is 313 g/mol. The molecule has 0 bridgehead atoms. The van der Waals surface area contributed by atoms with Crippen molar-refractivity contribution in [3.05, 3.63) is 42.1 Å². The molecule has 23 heavy (non-hydrogen) atoms. The fourth-order valence-corrected chi connectivity index (χ4v) is 2.80. The predicted octanol–water partition coefficient (Wildman–Crippen LogP) is 1.59. The van der Waals surface area contributed by atoms with Gasteiger partial charge in [0.1, 0.15) is 5.82 Å². The molecule has 0 aromatic carbocycles. The van der Waals surface area contributed by atoms with Crippen LogP contribution in [0.1, 0.15) is 22.5 Å². The maximum atomic E-state index is 10.8. The number of hydrogen-bond acceptors (Lipinski definition) is 6. The lowest BCUT2D eigenvalue weighted by molar-refractivity contribution is 0.0690. The maximum absolute atomic E-state index is 10.8. The molecule has 0 atom stereocenters. The number of rotatable bonds is 3. The highest BCUT2D eigenvalue weighted by atomic mass is 16.4. The van der Waals surface area contributed by atoms with Crippen molar-refractivity contribution >= 4 is 17.5 Å². The van der Waals surface area contributed by atoms with Gasteiger partial charge in [-0.05, 0) is 25.0 Å². The third-order valence-corrected chi connectivity index (χ3v) is 4.01. The van der Waals surface area contributed by atoms with Crippen LogP contribution in [0.25, 0.3) is 0 Å². The van der Waals surface area contributed by atoms with Crippen LogP contribution in [-0.2, 0) is 0 Å². The number of pyridine rings is 1. The zero-order valence-corrected chi connectivity index (χ0v) is 13.0. The fraction of sp³-hybridized carbons (Fsp3) is 0.375. The number of carboxylic acid groups (broad SMARTS) is 1. The number of aryl methyl sites for hydroxylation is 1. The molecule has 1 aliphatic rings. The number of carboxylic acids is 1. The van der Waals surface area contributed by atoms with Crippen LogP contribution in [0.15, 0.2) is 30.9 Å². The Morgan fingerprint density at radius 2 is 1.87 bits per heavy atom. The Morgan fingerprint density at radius 3 is 2.57 bits per heavy atom. The molecule has 7 nitrogen and oxygen atoms in total. The van der Waals surface area contributed by atoms with Crippen LogP contribution in [0.2, 0.25) is 0 Å². The van der Waals surface area contributed by atoms with Gasteiger partial charge in [-0.2, -0.15) is 0 Å². The average molecular weight is 313 g/mol. The van der Waals surface area contributed by atoms with E-state index >= 15 is 0 Å². The zero-order valence-electron chi connectivity index (χ0n) is 13.0. The summed E-state index contributed by atoms with van der Waals surface area (Å²) in [7, 11) is 0. The molecule has 0 aliphatic carbocycles. The largest absolute Gasteiger partial charge is 0.476 e. The SMILES string of the molecule is Cc1cnccc1N1CCCN(c2cnc(C(=O)O)cn2)CC1. The highest BCUT2D eigenvalue weighted by molar-refractivity contribution is 5.84. The molecule has 0 amide bonds. The van der Waals surface area contributed by atoms with Crippen molar-refractivity contribution in [2.45, 2.75) is 13.3 Å². The first-order valence-corrected chi connectivity index (χ1v) is 7.61. The lowest BCUT2D eigenvalue weighted by atomic mass is 10.2. The minimum Gasteiger partial charge on any atom is -0.476 e. The lowest BCUT2D eigenvalue weighted by Crippen LogP contribution is -2.31. The van der Waals surface area contributed by atoms with Crippen molar-refractivity contribution < 1.29 is 9.90 Å². The molecule has 0 unspecified atom stereocenters. The van der Waals surface area contributed by atoms with Crippen molar-refractivity contribution in [3.63, 3.8) is 0 Å². The molecule has 2 aromatic heterocycles. The average Bonchev–Trinajstić information content (AvgIpc) is 2.81.